The molecule has 5 nitrogen and oxygen atoms in total. The highest BCUT2D eigenvalue weighted by Gasteiger charge is 2.36. The van der Waals surface area contributed by atoms with E-state index in [2.05, 4.69) is 10.3 Å². The average molecular weight is 361 g/mol. The van der Waals surface area contributed by atoms with Gasteiger partial charge in [0.15, 0.2) is 0 Å². The fourth-order valence-electron chi connectivity index (χ4n) is 3.82. The van der Waals surface area contributed by atoms with E-state index in [1.54, 1.807) is 4.90 Å². The Morgan fingerprint density at radius 1 is 1.22 bits per heavy atom. The SMILES string of the molecule is Cc1ccc(NC(=O)C2CCC(=O)N2Cc2c[nH]c3ccccc23)c(C)c1. The standard InChI is InChI=1S/C22H23N3O2/c1-14-7-8-18(15(2)11-14)24-22(27)20-9-10-21(26)25(20)13-16-12-23-19-6-4-3-5-17(16)19/h3-8,11-12,20,23H,9-10,13H2,1-2H3,(H,24,27). The van der Waals surface area contributed by atoms with Crippen molar-refractivity contribution in [1.82, 2.24) is 9.88 Å². The number of fused-ring (bicyclic) bond motifs is 1. The van der Waals surface area contributed by atoms with Crippen LogP contribution in [0, 0.1) is 13.8 Å². The number of aromatic amines is 1. The van der Waals surface area contributed by atoms with Crippen LogP contribution in [0.1, 0.15) is 29.5 Å². The van der Waals surface area contributed by atoms with Crippen LogP contribution in [0.3, 0.4) is 0 Å². The number of benzene rings is 2. The number of carbonyl (C=O) groups is 2. The van der Waals surface area contributed by atoms with Gasteiger partial charge in [-0.25, -0.2) is 0 Å². The molecule has 1 fully saturated rings. The Kier molecular flexibility index (Phi) is 4.44. The molecule has 2 amide bonds. The number of hydrogen-bond acceptors (Lipinski definition) is 2. The summed E-state index contributed by atoms with van der Waals surface area (Å²) in [6.45, 7) is 4.44. The molecule has 0 radical (unpaired) electrons. The van der Waals surface area contributed by atoms with Gasteiger partial charge in [-0.1, -0.05) is 35.9 Å². The van der Waals surface area contributed by atoms with E-state index in [9.17, 15) is 9.59 Å². The summed E-state index contributed by atoms with van der Waals surface area (Å²) in [6, 6.07) is 13.5. The summed E-state index contributed by atoms with van der Waals surface area (Å²) in [6.07, 6.45) is 2.89. The van der Waals surface area contributed by atoms with Crippen molar-refractivity contribution in [2.24, 2.45) is 0 Å². The summed E-state index contributed by atoms with van der Waals surface area (Å²) < 4.78 is 0. The molecule has 0 spiro atoms. The van der Waals surface area contributed by atoms with E-state index in [0.29, 0.717) is 19.4 Å². The lowest BCUT2D eigenvalue weighted by Gasteiger charge is -2.24. The Morgan fingerprint density at radius 3 is 2.85 bits per heavy atom. The molecule has 2 N–H and O–H groups in total. The van der Waals surface area contributed by atoms with Crippen molar-refractivity contribution in [2.45, 2.75) is 39.3 Å². The molecule has 138 valence electrons. The third-order valence-corrected chi connectivity index (χ3v) is 5.29. The van der Waals surface area contributed by atoms with Gasteiger partial charge < -0.3 is 15.2 Å². The largest absolute Gasteiger partial charge is 0.361 e. The molecule has 1 aliphatic heterocycles. The molecule has 1 atom stereocenters. The highest BCUT2D eigenvalue weighted by molar-refractivity contribution is 5.99. The summed E-state index contributed by atoms with van der Waals surface area (Å²) >= 11 is 0. The van der Waals surface area contributed by atoms with Gasteiger partial charge >= 0.3 is 0 Å². The van der Waals surface area contributed by atoms with E-state index in [4.69, 9.17) is 0 Å². The zero-order valence-electron chi connectivity index (χ0n) is 15.6. The van der Waals surface area contributed by atoms with Crippen LogP contribution in [0.5, 0.6) is 0 Å². The lowest BCUT2D eigenvalue weighted by atomic mass is 10.1. The van der Waals surface area contributed by atoms with Gasteiger partial charge in [0.1, 0.15) is 6.04 Å². The van der Waals surface area contributed by atoms with Crippen LogP contribution in [0.2, 0.25) is 0 Å². The van der Waals surface area contributed by atoms with E-state index in [1.165, 1.54) is 0 Å². The van der Waals surface area contributed by atoms with Gasteiger partial charge in [-0.3, -0.25) is 9.59 Å². The molecule has 0 bridgehead atoms. The number of hydrogen-bond donors (Lipinski definition) is 2. The van der Waals surface area contributed by atoms with Crippen LogP contribution in [0.25, 0.3) is 10.9 Å². The summed E-state index contributed by atoms with van der Waals surface area (Å²) in [5.41, 5.74) is 5.05. The Labute approximate surface area is 158 Å². The molecular formula is C22H23N3O2. The highest BCUT2D eigenvalue weighted by Crippen LogP contribution is 2.27. The molecule has 1 aromatic heterocycles. The molecule has 2 aromatic carbocycles. The predicted octanol–water partition coefficient (Wildman–Crippen LogP) is 3.91. The van der Waals surface area contributed by atoms with Crippen LogP contribution in [-0.2, 0) is 16.1 Å². The van der Waals surface area contributed by atoms with Gasteiger partial charge in [0.05, 0.1) is 0 Å². The Bertz CT molecular complexity index is 1020. The molecule has 1 saturated heterocycles. The van der Waals surface area contributed by atoms with Crippen LogP contribution < -0.4 is 5.32 Å². The molecule has 0 saturated carbocycles. The molecule has 4 rings (SSSR count). The summed E-state index contributed by atoms with van der Waals surface area (Å²) in [5, 5.41) is 4.09. The fourth-order valence-corrected chi connectivity index (χ4v) is 3.82. The fraction of sp³-hybridized carbons (Fsp3) is 0.273. The van der Waals surface area contributed by atoms with Crippen molar-refractivity contribution < 1.29 is 9.59 Å². The second-order valence-corrected chi connectivity index (χ2v) is 7.24. The number of aryl methyl sites for hydroxylation is 2. The third kappa shape index (κ3) is 3.33. The van der Waals surface area contributed by atoms with Crippen LogP contribution >= 0.6 is 0 Å². The maximum atomic E-state index is 12.9. The maximum absolute atomic E-state index is 12.9. The van der Waals surface area contributed by atoms with Crippen LogP contribution in [-0.4, -0.2) is 27.7 Å². The minimum absolute atomic E-state index is 0.0288. The topological polar surface area (TPSA) is 65.2 Å². The number of nitrogens with zero attached hydrogens (tertiary/aromatic N) is 1. The van der Waals surface area contributed by atoms with Crippen molar-refractivity contribution in [3.63, 3.8) is 0 Å². The van der Waals surface area contributed by atoms with Crippen molar-refractivity contribution in [3.8, 4) is 0 Å². The number of H-pyrrole nitrogens is 1. The zero-order valence-corrected chi connectivity index (χ0v) is 15.6. The number of para-hydroxylation sites is 1. The molecule has 3 aromatic rings. The molecule has 27 heavy (non-hydrogen) atoms. The van der Waals surface area contributed by atoms with E-state index in [-0.39, 0.29) is 11.8 Å². The minimum atomic E-state index is -0.438. The normalized spacial score (nSPS) is 16.9. The molecule has 0 aliphatic carbocycles. The predicted molar refractivity (Wildman–Crippen MR) is 106 cm³/mol. The first-order chi connectivity index (χ1) is 13.0. The van der Waals surface area contributed by atoms with E-state index < -0.39 is 6.04 Å². The monoisotopic (exact) mass is 361 g/mol. The quantitative estimate of drug-likeness (QED) is 0.740. The van der Waals surface area contributed by atoms with Crippen molar-refractivity contribution in [2.75, 3.05) is 5.32 Å². The van der Waals surface area contributed by atoms with Gasteiger partial charge in [-0.15, -0.1) is 0 Å². The number of carbonyl (C=O) groups excluding carboxylic acids is 2. The lowest BCUT2D eigenvalue weighted by Crippen LogP contribution is -2.41. The Hall–Kier alpha value is -3.08. The third-order valence-electron chi connectivity index (χ3n) is 5.29. The molecule has 1 aliphatic rings. The Balaban J connectivity index is 1.55. The van der Waals surface area contributed by atoms with Crippen molar-refractivity contribution in [1.29, 1.82) is 0 Å². The van der Waals surface area contributed by atoms with Crippen LogP contribution in [0.4, 0.5) is 5.69 Å². The van der Waals surface area contributed by atoms with E-state index in [1.807, 2.05) is 62.5 Å². The summed E-state index contributed by atoms with van der Waals surface area (Å²) in [7, 11) is 0. The van der Waals surface area contributed by atoms with Gasteiger partial charge in [0, 0.05) is 35.8 Å². The number of amides is 2. The van der Waals surface area contributed by atoms with Gasteiger partial charge in [0.2, 0.25) is 11.8 Å². The lowest BCUT2D eigenvalue weighted by molar-refractivity contribution is -0.133. The highest BCUT2D eigenvalue weighted by atomic mass is 16.2. The second kappa shape index (κ2) is 6.91. The van der Waals surface area contributed by atoms with Crippen LogP contribution in [0.15, 0.2) is 48.7 Å². The number of nitrogens with one attached hydrogen (secondary N) is 2. The average Bonchev–Trinajstić information content (AvgIpc) is 3.22. The molecular weight excluding hydrogens is 338 g/mol. The van der Waals surface area contributed by atoms with Gasteiger partial charge in [-0.2, -0.15) is 0 Å². The number of anilines is 1. The van der Waals surface area contributed by atoms with E-state index >= 15 is 0 Å². The van der Waals surface area contributed by atoms with Gasteiger partial charge in [-0.05, 0) is 43.5 Å². The molecule has 5 heteroatoms. The van der Waals surface area contributed by atoms with E-state index in [0.717, 1.165) is 33.3 Å². The smallest absolute Gasteiger partial charge is 0.247 e. The first kappa shape index (κ1) is 17.3. The maximum Gasteiger partial charge on any atom is 0.247 e. The first-order valence-corrected chi connectivity index (χ1v) is 9.25. The molecule has 2 heterocycles. The second-order valence-electron chi connectivity index (χ2n) is 7.24. The number of aromatic nitrogens is 1. The first-order valence-electron chi connectivity index (χ1n) is 9.25. The Morgan fingerprint density at radius 2 is 2.04 bits per heavy atom. The minimum Gasteiger partial charge on any atom is -0.361 e. The van der Waals surface area contributed by atoms with Crippen molar-refractivity contribution in [3.05, 3.63) is 65.4 Å². The summed E-state index contributed by atoms with van der Waals surface area (Å²) in [4.78, 5) is 30.3. The zero-order chi connectivity index (χ0) is 19.0. The number of rotatable bonds is 4. The number of likely N-dealkylation sites (tertiary alicyclic amines) is 1. The molecule has 1 unspecified atom stereocenters. The van der Waals surface area contributed by atoms with Crippen molar-refractivity contribution >= 4 is 28.4 Å². The summed E-state index contributed by atoms with van der Waals surface area (Å²) in [5.74, 6) is -0.0892. The van der Waals surface area contributed by atoms with Gasteiger partial charge in [0.25, 0.3) is 0 Å².